The highest BCUT2D eigenvalue weighted by Crippen LogP contribution is 2.14. The van der Waals surface area contributed by atoms with Gasteiger partial charge in [-0.3, -0.25) is 4.90 Å². The van der Waals surface area contributed by atoms with Crippen LogP contribution in [0.5, 0.6) is 0 Å². The number of H-pyrrole nitrogens is 1. The molecule has 2 rings (SSSR count). The minimum absolute atomic E-state index is 0.0207. The molecule has 0 saturated carbocycles. The van der Waals surface area contributed by atoms with Crippen molar-refractivity contribution in [1.82, 2.24) is 20.2 Å². The lowest BCUT2D eigenvalue weighted by Gasteiger charge is -2.36. The first kappa shape index (κ1) is 16.8. The maximum atomic E-state index is 12.3. The van der Waals surface area contributed by atoms with Crippen molar-refractivity contribution in [2.24, 2.45) is 0 Å². The number of hydrogen-bond acceptors (Lipinski definition) is 5. The molecule has 0 radical (unpaired) electrons. The topological polar surface area (TPSA) is 79.5 Å². The first-order valence-electron chi connectivity index (χ1n) is 7.64. The van der Waals surface area contributed by atoms with Crippen LogP contribution in [0.4, 0.5) is 4.79 Å². The summed E-state index contributed by atoms with van der Waals surface area (Å²) >= 11 is 0. The van der Waals surface area contributed by atoms with E-state index in [4.69, 9.17) is 9.47 Å². The van der Waals surface area contributed by atoms with Crippen molar-refractivity contribution < 1.29 is 14.3 Å². The van der Waals surface area contributed by atoms with Gasteiger partial charge in [0.15, 0.2) is 0 Å². The molecule has 0 aliphatic carbocycles. The minimum Gasteiger partial charge on any atom is -0.444 e. The summed E-state index contributed by atoms with van der Waals surface area (Å²) in [6, 6.07) is -0.0207. The van der Waals surface area contributed by atoms with Crippen LogP contribution in [0, 0.1) is 6.92 Å². The SMILES string of the molecule is Cc1ncc(CNCC2COCCN2C(=O)OC(C)(C)C)[nH]1. The molecule has 1 aliphatic heterocycles. The normalized spacial score (nSPS) is 19.3. The summed E-state index contributed by atoms with van der Waals surface area (Å²) in [7, 11) is 0. The van der Waals surface area contributed by atoms with E-state index in [-0.39, 0.29) is 12.1 Å². The molecule has 22 heavy (non-hydrogen) atoms. The first-order valence-corrected chi connectivity index (χ1v) is 7.64. The van der Waals surface area contributed by atoms with Gasteiger partial charge in [-0.15, -0.1) is 0 Å². The number of carbonyl (C=O) groups is 1. The summed E-state index contributed by atoms with van der Waals surface area (Å²) in [4.78, 5) is 21.3. The Morgan fingerprint density at radius 1 is 1.59 bits per heavy atom. The monoisotopic (exact) mass is 310 g/mol. The van der Waals surface area contributed by atoms with Gasteiger partial charge in [0.1, 0.15) is 11.4 Å². The average molecular weight is 310 g/mol. The van der Waals surface area contributed by atoms with Gasteiger partial charge < -0.3 is 19.8 Å². The second kappa shape index (κ2) is 7.11. The van der Waals surface area contributed by atoms with E-state index in [9.17, 15) is 4.79 Å². The Kier molecular flexibility index (Phi) is 5.42. The highest BCUT2D eigenvalue weighted by atomic mass is 16.6. The Hall–Kier alpha value is -1.60. The number of ether oxygens (including phenoxy) is 2. The van der Waals surface area contributed by atoms with Crippen molar-refractivity contribution in [3.05, 3.63) is 17.7 Å². The van der Waals surface area contributed by atoms with Crippen molar-refractivity contribution in [3.8, 4) is 0 Å². The van der Waals surface area contributed by atoms with Crippen molar-refractivity contribution in [1.29, 1.82) is 0 Å². The fraction of sp³-hybridized carbons (Fsp3) is 0.733. The Morgan fingerprint density at radius 3 is 3.00 bits per heavy atom. The van der Waals surface area contributed by atoms with Crippen LogP contribution in [0.25, 0.3) is 0 Å². The highest BCUT2D eigenvalue weighted by Gasteiger charge is 2.30. The number of carbonyl (C=O) groups excluding carboxylic acids is 1. The van der Waals surface area contributed by atoms with Crippen LogP contribution in [-0.2, 0) is 16.0 Å². The van der Waals surface area contributed by atoms with Crippen LogP contribution >= 0.6 is 0 Å². The Morgan fingerprint density at radius 2 is 2.36 bits per heavy atom. The molecule has 2 heterocycles. The lowest BCUT2D eigenvalue weighted by molar-refractivity contribution is -0.0317. The summed E-state index contributed by atoms with van der Waals surface area (Å²) in [5.41, 5.74) is 0.541. The molecule has 1 saturated heterocycles. The number of amides is 1. The van der Waals surface area contributed by atoms with Gasteiger partial charge in [0.2, 0.25) is 0 Å². The number of imidazole rings is 1. The molecule has 0 aromatic carbocycles. The van der Waals surface area contributed by atoms with E-state index in [1.54, 1.807) is 4.90 Å². The van der Waals surface area contributed by atoms with Gasteiger partial charge in [-0.05, 0) is 27.7 Å². The number of nitrogens with zero attached hydrogens (tertiary/aromatic N) is 2. The fourth-order valence-electron chi connectivity index (χ4n) is 2.32. The molecule has 0 spiro atoms. The molecule has 1 fully saturated rings. The number of rotatable bonds is 4. The third-order valence-corrected chi connectivity index (χ3v) is 3.31. The van der Waals surface area contributed by atoms with Crippen LogP contribution in [0.1, 0.15) is 32.3 Å². The van der Waals surface area contributed by atoms with E-state index in [0.717, 1.165) is 11.5 Å². The lowest BCUT2D eigenvalue weighted by atomic mass is 10.2. The standard InChI is InChI=1S/C15H26N4O3/c1-11-17-8-12(18-11)7-16-9-13-10-21-6-5-19(13)14(20)22-15(2,3)4/h8,13,16H,5-7,9-10H2,1-4H3,(H,17,18). The molecule has 1 amide bonds. The number of aromatic nitrogens is 2. The second-order valence-corrected chi connectivity index (χ2v) is 6.53. The summed E-state index contributed by atoms with van der Waals surface area (Å²) in [5.74, 6) is 0.896. The molecule has 124 valence electrons. The van der Waals surface area contributed by atoms with Crippen LogP contribution in [0.3, 0.4) is 0 Å². The van der Waals surface area contributed by atoms with E-state index in [1.165, 1.54) is 0 Å². The third-order valence-electron chi connectivity index (χ3n) is 3.31. The third kappa shape index (κ3) is 4.99. The van der Waals surface area contributed by atoms with E-state index in [0.29, 0.717) is 32.8 Å². The summed E-state index contributed by atoms with van der Waals surface area (Å²) in [6.45, 7) is 10.5. The molecular weight excluding hydrogens is 284 g/mol. The number of nitrogens with one attached hydrogen (secondary N) is 2. The lowest BCUT2D eigenvalue weighted by Crippen LogP contribution is -2.54. The molecular formula is C15H26N4O3. The van der Waals surface area contributed by atoms with Gasteiger partial charge in [-0.25, -0.2) is 9.78 Å². The molecule has 0 bridgehead atoms. The van der Waals surface area contributed by atoms with Gasteiger partial charge in [-0.1, -0.05) is 0 Å². The van der Waals surface area contributed by atoms with Gasteiger partial charge in [0.25, 0.3) is 0 Å². The number of morpholine rings is 1. The molecule has 1 aromatic rings. The van der Waals surface area contributed by atoms with Crippen LogP contribution in [0.2, 0.25) is 0 Å². The summed E-state index contributed by atoms with van der Waals surface area (Å²) in [6.07, 6.45) is 1.53. The van der Waals surface area contributed by atoms with Crippen LogP contribution in [0.15, 0.2) is 6.20 Å². The van der Waals surface area contributed by atoms with Gasteiger partial charge in [0.05, 0.1) is 19.3 Å². The maximum Gasteiger partial charge on any atom is 0.410 e. The Bertz CT molecular complexity index is 495. The fourth-order valence-corrected chi connectivity index (χ4v) is 2.32. The highest BCUT2D eigenvalue weighted by molar-refractivity contribution is 5.68. The molecule has 7 heteroatoms. The van der Waals surface area contributed by atoms with Gasteiger partial charge in [0, 0.05) is 31.5 Å². The predicted molar refractivity (Wildman–Crippen MR) is 82.6 cm³/mol. The molecule has 1 aliphatic rings. The minimum atomic E-state index is -0.485. The summed E-state index contributed by atoms with van der Waals surface area (Å²) in [5, 5.41) is 3.33. The van der Waals surface area contributed by atoms with Gasteiger partial charge >= 0.3 is 6.09 Å². The molecule has 1 atom stereocenters. The molecule has 2 N–H and O–H groups in total. The van der Waals surface area contributed by atoms with Crippen LogP contribution < -0.4 is 5.32 Å². The van der Waals surface area contributed by atoms with Crippen molar-refractivity contribution >= 4 is 6.09 Å². The number of hydrogen-bond donors (Lipinski definition) is 2. The number of aromatic amines is 1. The maximum absolute atomic E-state index is 12.3. The van der Waals surface area contributed by atoms with Crippen molar-refractivity contribution in [3.63, 3.8) is 0 Å². The quantitative estimate of drug-likeness (QED) is 0.880. The molecule has 7 nitrogen and oxygen atoms in total. The first-order chi connectivity index (χ1) is 10.3. The van der Waals surface area contributed by atoms with Crippen molar-refractivity contribution in [2.45, 2.75) is 45.9 Å². The van der Waals surface area contributed by atoms with Gasteiger partial charge in [-0.2, -0.15) is 0 Å². The predicted octanol–water partition coefficient (Wildman–Crippen LogP) is 1.44. The zero-order valence-corrected chi connectivity index (χ0v) is 13.8. The smallest absolute Gasteiger partial charge is 0.410 e. The van der Waals surface area contributed by atoms with Crippen LogP contribution in [-0.4, -0.2) is 58.9 Å². The molecule has 1 unspecified atom stereocenters. The van der Waals surface area contributed by atoms with E-state index in [1.807, 2.05) is 33.9 Å². The zero-order chi connectivity index (χ0) is 16.2. The average Bonchev–Trinajstić information content (AvgIpc) is 2.83. The Balaban J connectivity index is 1.85. The molecule has 1 aromatic heterocycles. The summed E-state index contributed by atoms with van der Waals surface area (Å²) < 4.78 is 11.0. The second-order valence-electron chi connectivity index (χ2n) is 6.53. The zero-order valence-electron chi connectivity index (χ0n) is 13.8. The van der Waals surface area contributed by atoms with E-state index >= 15 is 0 Å². The van der Waals surface area contributed by atoms with E-state index < -0.39 is 5.60 Å². The number of aryl methyl sites for hydroxylation is 1. The van der Waals surface area contributed by atoms with Crippen molar-refractivity contribution in [2.75, 3.05) is 26.3 Å². The largest absolute Gasteiger partial charge is 0.444 e. The Labute approximate surface area is 131 Å². The van der Waals surface area contributed by atoms with E-state index in [2.05, 4.69) is 15.3 Å².